The fourth-order valence-corrected chi connectivity index (χ4v) is 5.45. The highest BCUT2D eigenvalue weighted by molar-refractivity contribution is 9.11. The van der Waals surface area contributed by atoms with Gasteiger partial charge in [0.25, 0.3) is 0 Å². The molecule has 140 valence electrons. The van der Waals surface area contributed by atoms with E-state index in [-0.39, 0.29) is 5.97 Å². The number of esters is 1. The smallest absolute Gasteiger partial charge is 0.329 e. The van der Waals surface area contributed by atoms with Gasteiger partial charge in [0.15, 0.2) is 5.75 Å². The van der Waals surface area contributed by atoms with E-state index in [9.17, 15) is 4.79 Å². The number of halogens is 4. The first-order valence-electron chi connectivity index (χ1n) is 8.36. The van der Waals surface area contributed by atoms with Crippen LogP contribution >= 0.6 is 63.7 Å². The van der Waals surface area contributed by atoms with E-state index in [4.69, 9.17) is 4.74 Å². The van der Waals surface area contributed by atoms with Crippen molar-refractivity contribution in [2.24, 2.45) is 0 Å². The maximum atomic E-state index is 12.9. The number of alkyl halides is 1. The second-order valence-electron chi connectivity index (χ2n) is 6.22. The van der Waals surface area contributed by atoms with E-state index in [1.807, 2.05) is 66.7 Å². The molecule has 28 heavy (non-hydrogen) atoms. The molecule has 4 aromatic rings. The number of fused-ring (bicyclic) bond motifs is 2. The van der Waals surface area contributed by atoms with Gasteiger partial charge >= 0.3 is 5.97 Å². The van der Waals surface area contributed by atoms with Gasteiger partial charge in [-0.1, -0.05) is 80.4 Å². The van der Waals surface area contributed by atoms with Gasteiger partial charge in [0, 0.05) is 4.47 Å². The number of hydrogen-bond donors (Lipinski definition) is 0. The predicted molar refractivity (Wildman–Crippen MR) is 128 cm³/mol. The Hall–Kier alpha value is -1.21. The Morgan fingerprint density at radius 3 is 2.39 bits per heavy atom. The minimum Gasteiger partial charge on any atom is -0.423 e. The molecule has 0 N–H and O–H groups in total. The van der Waals surface area contributed by atoms with Crippen LogP contribution in [0, 0.1) is 0 Å². The van der Waals surface area contributed by atoms with Gasteiger partial charge in [0.2, 0.25) is 0 Å². The zero-order chi connectivity index (χ0) is 19.8. The Balaban J connectivity index is 1.71. The second-order valence-corrected chi connectivity index (χ2v) is 9.70. The van der Waals surface area contributed by atoms with Crippen LogP contribution in [0.2, 0.25) is 0 Å². The van der Waals surface area contributed by atoms with Crippen LogP contribution in [-0.2, 0) is 4.79 Å². The summed E-state index contributed by atoms with van der Waals surface area (Å²) in [6, 6.07) is 21.8. The van der Waals surface area contributed by atoms with Gasteiger partial charge in [-0.3, -0.25) is 4.79 Å². The number of carbonyl (C=O) groups is 1. The summed E-state index contributed by atoms with van der Waals surface area (Å²) in [7, 11) is 0. The molecular weight excluding hydrogens is 616 g/mol. The molecule has 0 radical (unpaired) electrons. The highest BCUT2D eigenvalue weighted by Crippen LogP contribution is 2.42. The Morgan fingerprint density at radius 2 is 1.57 bits per heavy atom. The fourth-order valence-electron chi connectivity index (χ4n) is 3.13. The quantitative estimate of drug-likeness (QED) is 0.130. The van der Waals surface area contributed by atoms with Crippen molar-refractivity contribution in [3.8, 4) is 5.75 Å². The summed E-state index contributed by atoms with van der Waals surface area (Å²) in [5.74, 6) is 0.0822. The summed E-state index contributed by atoms with van der Waals surface area (Å²) < 4.78 is 8.21. The molecule has 0 heterocycles. The monoisotopic (exact) mass is 624 g/mol. The molecule has 0 aliphatic rings. The minimum absolute atomic E-state index is 0.380. The molecule has 0 saturated heterocycles. The molecule has 1 atom stereocenters. The van der Waals surface area contributed by atoms with Crippen molar-refractivity contribution in [2.75, 3.05) is 0 Å². The van der Waals surface area contributed by atoms with Crippen LogP contribution in [-0.4, -0.2) is 5.97 Å². The predicted octanol–water partition coefficient (Wildman–Crippen LogP) is 8.32. The molecule has 0 fully saturated rings. The van der Waals surface area contributed by atoms with E-state index < -0.39 is 4.83 Å². The number of benzene rings is 4. The van der Waals surface area contributed by atoms with Crippen molar-refractivity contribution in [1.29, 1.82) is 0 Å². The SMILES string of the molecule is O=C(Oc1c(Br)cc2cc(Br)ccc2c1Br)[C@@H](Br)c1cccc2ccccc12. The number of hydrogen-bond acceptors (Lipinski definition) is 2. The van der Waals surface area contributed by atoms with Crippen LogP contribution in [0.5, 0.6) is 5.75 Å². The van der Waals surface area contributed by atoms with Gasteiger partial charge < -0.3 is 4.74 Å². The highest BCUT2D eigenvalue weighted by Gasteiger charge is 2.24. The van der Waals surface area contributed by atoms with Crippen LogP contribution in [0.1, 0.15) is 10.4 Å². The lowest BCUT2D eigenvalue weighted by molar-refractivity contribution is -0.133. The van der Waals surface area contributed by atoms with E-state index in [2.05, 4.69) is 63.7 Å². The lowest BCUT2D eigenvalue weighted by atomic mass is 10.0. The van der Waals surface area contributed by atoms with Gasteiger partial charge in [-0.05, 0) is 77.2 Å². The number of carbonyl (C=O) groups excluding carboxylic acids is 1. The Morgan fingerprint density at radius 1 is 0.821 bits per heavy atom. The standard InChI is InChI=1S/C22H12Br4O2/c23-14-8-9-16-13(10-14)11-18(24)21(19(16)25)28-22(27)20(26)17-7-3-5-12-4-1-2-6-15(12)17/h1-11,20H/t20-/m0/s1. The summed E-state index contributed by atoms with van der Waals surface area (Å²) in [5.41, 5.74) is 0.875. The van der Waals surface area contributed by atoms with Crippen molar-refractivity contribution in [3.05, 3.63) is 85.7 Å². The molecule has 4 aromatic carbocycles. The summed E-state index contributed by atoms with van der Waals surface area (Å²) in [6.45, 7) is 0. The lowest BCUT2D eigenvalue weighted by Gasteiger charge is -2.15. The highest BCUT2D eigenvalue weighted by atomic mass is 79.9. The van der Waals surface area contributed by atoms with E-state index in [0.29, 0.717) is 10.2 Å². The topological polar surface area (TPSA) is 26.3 Å². The van der Waals surface area contributed by atoms with Crippen molar-refractivity contribution in [1.82, 2.24) is 0 Å². The molecule has 0 amide bonds. The first-order valence-corrected chi connectivity index (χ1v) is 11.7. The minimum atomic E-state index is -0.585. The number of rotatable bonds is 3. The molecule has 0 bridgehead atoms. The van der Waals surface area contributed by atoms with Gasteiger partial charge in [-0.25, -0.2) is 0 Å². The molecule has 0 spiro atoms. The summed E-state index contributed by atoms with van der Waals surface area (Å²) in [5, 5.41) is 4.09. The summed E-state index contributed by atoms with van der Waals surface area (Å²) >= 11 is 14.1. The van der Waals surface area contributed by atoms with Gasteiger partial charge in [-0.15, -0.1) is 0 Å². The molecule has 6 heteroatoms. The zero-order valence-electron chi connectivity index (χ0n) is 14.3. The molecule has 2 nitrogen and oxygen atoms in total. The molecule has 0 aliphatic carbocycles. The Kier molecular flexibility index (Phi) is 5.93. The van der Waals surface area contributed by atoms with Crippen LogP contribution in [0.3, 0.4) is 0 Å². The molecule has 0 saturated carbocycles. The van der Waals surface area contributed by atoms with Gasteiger partial charge in [0.05, 0.1) is 8.95 Å². The lowest BCUT2D eigenvalue weighted by Crippen LogP contribution is -2.15. The van der Waals surface area contributed by atoms with Crippen molar-refractivity contribution in [2.45, 2.75) is 4.83 Å². The third kappa shape index (κ3) is 3.80. The van der Waals surface area contributed by atoms with Crippen molar-refractivity contribution < 1.29 is 9.53 Å². The van der Waals surface area contributed by atoms with Crippen LogP contribution in [0.4, 0.5) is 0 Å². The van der Waals surface area contributed by atoms with Gasteiger partial charge in [-0.2, -0.15) is 0 Å². The maximum absolute atomic E-state index is 12.9. The van der Waals surface area contributed by atoms with E-state index >= 15 is 0 Å². The maximum Gasteiger partial charge on any atom is 0.329 e. The Labute approximate surface area is 195 Å². The Bertz CT molecular complexity index is 1210. The van der Waals surface area contributed by atoms with Crippen LogP contribution in [0.25, 0.3) is 21.5 Å². The van der Waals surface area contributed by atoms with Crippen LogP contribution < -0.4 is 4.74 Å². The largest absolute Gasteiger partial charge is 0.423 e. The first-order chi connectivity index (χ1) is 13.5. The molecule has 0 unspecified atom stereocenters. The molecule has 0 aromatic heterocycles. The molecule has 0 aliphatic heterocycles. The van der Waals surface area contributed by atoms with Crippen molar-refractivity contribution >= 4 is 91.2 Å². The summed E-state index contributed by atoms with van der Waals surface area (Å²) in [6.07, 6.45) is 0. The summed E-state index contributed by atoms with van der Waals surface area (Å²) in [4.78, 5) is 12.3. The fraction of sp³-hybridized carbons (Fsp3) is 0.0455. The van der Waals surface area contributed by atoms with Gasteiger partial charge in [0.1, 0.15) is 4.83 Å². The van der Waals surface area contributed by atoms with Crippen LogP contribution in [0.15, 0.2) is 80.1 Å². The van der Waals surface area contributed by atoms with Crippen molar-refractivity contribution in [3.63, 3.8) is 0 Å². The molecular formula is C22H12Br4O2. The van der Waals surface area contributed by atoms with E-state index in [0.717, 1.165) is 36.1 Å². The zero-order valence-corrected chi connectivity index (χ0v) is 20.6. The molecule has 4 rings (SSSR count). The number of ether oxygens (including phenoxy) is 1. The van der Waals surface area contributed by atoms with E-state index in [1.54, 1.807) is 0 Å². The average molecular weight is 628 g/mol. The van der Waals surface area contributed by atoms with E-state index in [1.165, 1.54) is 0 Å². The second kappa shape index (κ2) is 8.27. The third-order valence-corrected chi connectivity index (χ3v) is 7.19. The first kappa shape index (κ1) is 20.1. The normalized spacial score (nSPS) is 12.3. The third-order valence-electron chi connectivity index (χ3n) is 4.45. The average Bonchev–Trinajstić information content (AvgIpc) is 2.69.